The van der Waals surface area contributed by atoms with Gasteiger partial charge in [-0.25, -0.2) is 13.8 Å². The van der Waals surface area contributed by atoms with Crippen molar-refractivity contribution in [1.29, 1.82) is 0 Å². The molecule has 0 unspecified atom stereocenters. The monoisotopic (exact) mass is 475 g/mol. The fourth-order valence-electron chi connectivity index (χ4n) is 3.89. The van der Waals surface area contributed by atoms with Gasteiger partial charge in [-0.15, -0.1) is 0 Å². The van der Waals surface area contributed by atoms with Gasteiger partial charge in [0.2, 0.25) is 5.91 Å². The molecule has 1 heterocycles. The maximum Gasteiger partial charge on any atom is 0.220 e. The van der Waals surface area contributed by atoms with E-state index in [1.54, 1.807) is 0 Å². The van der Waals surface area contributed by atoms with Gasteiger partial charge < -0.3 is 14.6 Å². The standard InChI is InChI=1S/C28H27F2N3O2/c1-33(2)18-19-10-12-20(13-11-19)22-7-4-3-6-21(22)16-31-26(34)14-15-27-32-17-25(35-27)28-23(29)8-5-9-24(28)30/h3-13,17H,14-16,18H2,1-2H3,(H,31,34). The van der Waals surface area contributed by atoms with Gasteiger partial charge in [0.05, 0.1) is 11.8 Å². The normalized spacial score (nSPS) is 11.1. The molecule has 0 bridgehead atoms. The van der Waals surface area contributed by atoms with Crippen molar-refractivity contribution >= 4 is 5.91 Å². The van der Waals surface area contributed by atoms with E-state index in [2.05, 4.69) is 39.5 Å². The third kappa shape index (κ3) is 6.19. The summed E-state index contributed by atoms with van der Waals surface area (Å²) in [7, 11) is 4.07. The molecule has 5 nitrogen and oxygen atoms in total. The van der Waals surface area contributed by atoms with Gasteiger partial charge in [-0.05, 0) is 48.5 Å². The number of benzene rings is 3. The first-order valence-corrected chi connectivity index (χ1v) is 11.4. The van der Waals surface area contributed by atoms with Crippen LogP contribution in [0.25, 0.3) is 22.5 Å². The molecule has 0 fully saturated rings. The topological polar surface area (TPSA) is 58.4 Å². The van der Waals surface area contributed by atoms with Crippen molar-refractivity contribution in [3.63, 3.8) is 0 Å². The summed E-state index contributed by atoms with van der Waals surface area (Å²) in [6.07, 6.45) is 1.63. The lowest BCUT2D eigenvalue weighted by molar-refractivity contribution is -0.121. The Morgan fingerprint density at radius 2 is 1.69 bits per heavy atom. The van der Waals surface area contributed by atoms with Crippen LogP contribution in [-0.4, -0.2) is 29.9 Å². The molecule has 0 radical (unpaired) electrons. The van der Waals surface area contributed by atoms with Crippen LogP contribution < -0.4 is 5.32 Å². The largest absolute Gasteiger partial charge is 0.441 e. The third-order valence-corrected chi connectivity index (χ3v) is 5.59. The minimum atomic E-state index is -0.726. The van der Waals surface area contributed by atoms with Crippen molar-refractivity contribution in [2.45, 2.75) is 25.9 Å². The summed E-state index contributed by atoms with van der Waals surface area (Å²) >= 11 is 0. The second-order valence-corrected chi connectivity index (χ2v) is 8.58. The number of halogens is 2. The fraction of sp³-hybridized carbons (Fsp3) is 0.214. The minimum absolute atomic E-state index is 0.00142. The SMILES string of the molecule is CN(C)Cc1ccc(-c2ccccc2CNC(=O)CCc2ncc(-c3c(F)cccc3F)o2)cc1. The molecule has 0 aliphatic carbocycles. The first kappa shape index (κ1) is 24.3. The number of nitrogens with zero attached hydrogens (tertiary/aromatic N) is 2. The van der Waals surface area contributed by atoms with Crippen LogP contribution in [0.15, 0.2) is 77.3 Å². The quantitative estimate of drug-likeness (QED) is 0.343. The summed E-state index contributed by atoms with van der Waals surface area (Å²) in [4.78, 5) is 18.6. The molecule has 0 saturated carbocycles. The Morgan fingerprint density at radius 1 is 0.971 bits per heavy atom. The highest BCUT2D eigenvalue weighted by atomic mass is 19.1. The van der Waals surface area contributed by atoms with E-state index >= 15 is 0 Å². The van der Waals surface area contributed by atoms with Crippen LogP contribution in [0.4, 0.5) is 8.78 Å². The number of oxazole rings is 1. The average molecular weight is 476 g/mol. The van der Waals surface area contributed by atoms with Gasteiger partial charge in [-0.2, -0.15) is 0 Å². The maximum atomic E-state index is 14.0. The second-order valence-electron chi connectivity index (χ2n) is 8.58. The Bertz CT molecular complexity index is 1280. The number of hydrogen-bond donors (Lipinski definition) is 1. The summed E-state index contributed by atoms with van der Waals surface area (Å²) in [6.45, 7) is 1.25. The first-order chi connectivity index (χ1) is 16.9. The zero-order valence-corrected chi connectivity index (χ0v) is 19.7. The molecule has 0 aliphatic rings. The molecular formula is C28H27F2N3O2. The van der Waals surface area contributed by atoms with Gasteiger partial charge in [-0.3, -0.25) is 4.79 Å². The van der Waals surface area contributed by atoms with Gasteiger partial charge in [0.25, 0.3) is 0 Å². The smallest absolute Gasteiger partial charge is 0.220 e. The van der Waals surface area contributed by atoms with Gasteiger partial charge in [0.1, 0.15) is 11.6 Å². The molecule has 0 saturated heterocycles. The molecule has 4 rings (SSSR count). The van der Waals surface area contributed by atoms with Crippen LogP contribution in [0, 0.1) is 11.6 Å². The molecule has 4 aromatic rings. The van der Waals surface area contributed by atoms with Crippen LogP contribution in [-0.2, 0) is 24.3 Å². The average Bonchev–Trinajstić information content (AvgIpc) is 3.30. The molecule has 180 valence electrons. The minimum Gasteiger partial charge on any atom is -0.441 e. The second kappa shape index (κ2) is 11.1. The number of carbonyl (C=O) groups is 1. The van der Waals surface area contributed by atoms with Gasteiger partial charge in [0.15, 0.2) is 11.7 Å². The van der Waals surface area contributed by atoms with E-state index in [0.29, 0.717) is 6.54 Å². The summed E-state index contributed by atoms with van der Waals surface area (Å²) in [5, 5.41) is 2.94. The summed E-state index contributed by atoms with van der Waals surface area (Å²) in [5.41, 5.74) is 4.13. The lowest BCUT2D eigenvalue weighted by atomic mass is 9.98. The molecule has 3 aromatic carbocycles. The Labute approximate surface area is 203 Å². The van der Waals surface area contributed by atoms with E-state index < -0.39 is 11.6 Å². The van der Waals surface area contributed by atoms with Crippen molar-refractivity contribution in [1.82, 2.24) is 15.2 Å². The fourth-order valence-corrected chi connectivity index (χ4v) is 3.89. The third-order valence-electron chi connectivity index (χ3n) is 5.59. The van der Waals surface area contributed by atoms with E-state index in [-0.39, 0.29) is 36.0 Å². The van der Waals surface area contributed by atoms with E-state index in [0.717, 1.165) is 35.4 Å². The van der Waals surface area contributed by atoms with E-state index in [4.69, 9.17) is 4.42 Å². The van der Waals surface area contributed by atoms with Crippen molar-refractivity contribution in [3.05, 3.63) is 102 Å². The zero-order chi connectivity index (χ0) is 24.8. The molecular weight excluding hydrogens is 448 g/mol. The van der Waals surface area contributed by atoms with E-state index in [1.807, 2.05) is 38.4 Å². The van der Waals surface area contributed by atoms with Crippen molar-refractivity contribution in [2.75, 3.05) is 14.1 Å². The highest BCUT2D eigenvalue weighted by Gasteiger charge is 2.16. The number of amides is 1. The molecule has 1 amide bonds. The van der Waals surface area contributed by atoms with Crippen LogP contribution in [0.3, 0.4) is 0 Å². The maximum absolute atomic E-state index is 14.0. The molecule has 1 aromatic heterocycles. The highest BCUT2D eigenvalue weighted by molar-refractivity contribution is 5.76. The van der Waals surface area contributed by atoms with Crippen molar-refractivity contribution in [2.24, 2.45) is 0 Å². The number of nitrogens with one attached hydrogen (secondary N) is 1. The number of aromatic nitrogens is 1. The number of aryl methyl sites for hydroxylation is 1. The van der Waals surface area contributed by atoms with Crippen molar-refractivity contribution in [3.8, 4) is 22.5 Å². The molecule has 7 heteroatoms. The predicted octanol–water partition coefficient (Wildman–Crippen LogP) is 5.60. The zero-order valence-electron chi connectivity index (χ0n) is 19.7. The number of rotatable bonds is 9. The van der Waals surface area contributed by atoms with Gasteiger partial charge in [-0.1, -0.05) is 54.6 Å². The Kier molecular flexibility index (Phi) is 7.67. The number of hydrogen-bond acceptors (Lipinski definition) is 4. The molecule has 0 spiro atoms. The van der Waals surface area contributed by atoms with Gasteiger partial charge in [0, 0.05) is 25.9 Å². The van der Waals surface area contributed by atoms with Crippen LogP contribution >= 0.6 is 0 Å². The summed E-state index contributed by atoms with van der Waals surface area (Å²) in [5.74, 6) is -1.37. The van der Waals surface area contributed by atoms with Gasteiger partial charge >= 0.3 is 0 Å². The predicted molar refractivity (Wildman–Crippen MR) is 131 cm³/mol. The first-order valence-electron chi connectivity index (χ1n) is 11.4. The van der Waals surface area contributed by atoms with Crippen LogP contribution in [0.5, 0.6) is 0 Å². The number of carbonyl (C=O) groups excluding carboxylic acids is 1. The van der Waals surface area contributed by atoms with E-state index in [1.165, 1.54) is 17.8 Å². The summed E-state index contributed by atoms with van der Waals surface area (Å²) in [6, 6.07) is 20.0. The van der Waals surface area contributed by atoms with E-state index in [9.17, 15) is 13.6 Å². The molecule has 0 aliphatic heterocycles. The lowest BCUT2D eigenvalue weighted by Crippen LogP contribution is -2.23. The Balaban J connectivity index is 1.35. The summed E-state index contributed by atoms with van der Waals surface area (Å²) < 4.78 is 33.4. The Hall–Kier alpha value is -3.84. The lowest BCUT2D eigenvalue weighted by Gasteiger charge is -2.13. The van der Waals surface area contributed by atoms with Crippen molar-refractivity contribution < 1.29 is 18.0 Å². The Morgan fingerprint density at radius 3 is 2.40 bits per heavy atom. The molecule has 35 heavy (non-hydrogen) atoms. The van der Waals surface area contributed by atoms with Crippen LogP contribution in [0.2, 0.25) is 0 Å². The highest BCUT2D eigenvalue weighted by Crippen LogP contribution is 2.27. The molecule has 1 N–H and O–H groups in total. The van der Waals surface area contributed by atoms with Crippen LogP contribution in [0.1, 0.15) is 23.4 Å². The molecule has 0 atom stereocenters.